The van der Waals surface area contributed by atoms with Crippen molar-refractivity contribution in [1.82, 2.24) is 20.9 Å². The Labute approximate surface area is 283 Å². The number of benzene rings is 4. The fourth-order valence-electron chi connectivity index (χ4n) is 6.66. The highest BCUT2D eigenvalue weighted by atomic mass is 16.6. The van der Waals surface area contributed by atoms with E-state index in [1.807, 2.05) is 57.2 Å². The Morgan fingerprint density at radius 1 is 0.812 bits per heavy atom. The van der Waals surface area contributed by atoms with Crippen molar-refractivity contribution in [2.45, 2.75) is 70.2 Å². The van der Waals surface area contributed by atoms with Crippen LogP contribution in [0.3, 0.4) is 0 Å². The van der Waals surface area contributed by atoms with Crippen LogP contribution in [0, 0.1) is 5.92 Å². The van der Waals surface area contributed by atoms with E-state index in [0.29, 0.717) is 38.4 Å². The normalized spacial score (nSPS) is 19.4. The molecule has 8 heteroatoms. The Kier molecular flexibility index (Phi) is 10.1. The first-order valence-corrected chi connectivity index (χ1v) is 17.1. The van der Waals surface area contributed by atoms with E-state index in [9.17, 15) is 14.4 Å². The predicted molar refractivity (Wildman–Crippen MR) is 189 cm³/mol. The second-order valence-corrected chi connectivity index (χ2v) is 14.1. The van der Waals surface area contributed by atoms with E-state index in [1.54, 1.807) is 4.90 Å². The van der Waals surface area contributed by atoms with E-state index in [1.165, 1.54) is 0 Å². The number of piperazine rings is 1. The molecule has 1 unspecified atom stereocenters. The average molecular weight is 647 g/mol. The van der Waals surface area contributed by atoms with Crippen LogP contribution in [0.5, 0.6) is 0 Å². The summed E-state index contributed by atoms with van der Waals surface area (Å²) in [6.45, 7) is 7.57. The molecule has 3 amide bonds. The summed E-state index contributed by atoms with van der Waals surface area (Å²) in [7, 11) is 0. The van der Waals surface area contributed by atoms with Gasteiger partial charge in [0, 0.05) is 25.6 Å². The van der Waals surface area contributed by atoms with E-state index >= 15 is 0 Å². The molecule has 6 rings (SSSR count). The number of carbonyl (C=O) groups excluding carboxylic acids is 3. The van der Waals surface area contributed by atoms with Gasteiger partial charge in [-0.15, -0.1) is 0 Å². The third kappa shape index (κ3) is 8.42. The lowest BCUT2D eigenvalue weighted by molar-refractivity contribution is -0.137. The topological polar surface area (TPSA) is 99.8 Å². The smallest absolute Gasteiger partial charge is 0.410 e. The van der Waals surface area contributed by atoms with Gasteiger partial charge in [0.05, 0.1) is 0 Å². The summed E-state index contributed by atoms with van der Waals surface area (Å²) < 4.78 is 5.57. The third-order valence-corrected chi connectivity index (χ3v) is 9.32. The van der Waals surface area contributed by atoms with E-state index in [0.717, 1.165) is 45.9 Å². The third-order valence-electron chi connectivity index (χ3n) is 9.32. The van der Waals surface area contributed by atoms with Crippen LogP contribution in [0.4, 0.5) is 4.79 Å². The van der Waals surface area contributed by atoms with Crippen LogP contribution in [0.25, 0.3) is 21.9 Å². The maximum absolute atomic E-state index is 13.7. The molecule has 0 radical (unpaired) electrons. The lowest BCUT2D eigenvalue weighted by Gasteiger charge is -2.37. The molecule has 2 aliphatic heterocycles. The number of rotatable bonds is 9. The summed E-state index contributed by atoms with van der Waals surface area (Å²) in [6.07, 6.45) is 2.39. The minimum Gasteiger partial charge on any atom is -0.444 e. The zero-order valence-electron chi connectivity index (χ0n) is 28.1. The van der Waals surface area contributed by atoms with Crippen LogP contribution in [0.15, 0.2) is 97.1 Å². The molecule has 0 saturated carbocycles. The van der Waals surface area contributed by atoms with Crippen LogP contribution in [0.1, 0.15) is 44.7 Å². The van der Waals surface area contributed by atoms with Gasteiger partial charge in [-0.25, -0.2) is 4.79 Å². The second kappa shape index (κ2) is 14.6. The van der Waals surface area contributed by atoms with Crippen molar-refractivity contribution in [2.24, 2.45) is 5.92 Å². The van der Waals surface area contributed by atoms with Gasteiger partial charge in [0.15, 0.2) is 0 Å². The molecule has 3 atom stereocenters. The summed E-state index contributed by atoms with van der Waals surface area (Å²) in [5.74, 6) is -0.0298. The van der Waals surface area contributed by atoms with Gasteiger partial charge in [-0.1, -0.05) is 97.1 Å². The van der Waals surface area contributed by atoms with Gasteiger partial charge in [-0.05, 0) is 85.5 Å². The molecule has 2 saturated heterocycles. The first-order chi connectivity index (χ1) is 23.1. The lowest BCUT2D eigenvalue weighted by Crippen LogP contribution is -2.68. The van der Waals surface area contributed by atoms with Gasteiger partial charge in [0.2, 0.25) is 11.8 Å². The minimum atomic E-state index is -0.721. The number of fused-ring (bicyclic) bond motifs is 1. The molecule has 2 aliphatic rings. The number of hydrogen-bond acceptors (Lipinski definition) is 5. The monoisotopic (exact) mass is 646 g/mol. The Balaban J connectivity index is 1.13. The number of likely N-dealkylation sites (tertiary alicyclic amines) is 1. The van der Waals surface area contributed by atoms with E-state index in [-0.39, 0.29) is 23.9 Å². The van der Waals surface area contributed by atoms with Crippen molar-refractivity contribution in [3.63, 3.8) is 0 Å². The lowest BCUT2D eigenvalue weighted by atomic mass is 9.92. The number of ether oxygens (including phenoxy) is 1. The molecule has 4 aromatic carbocycles. The highest BCUT2D eigenvalue weighted by molar-refractivity contribution is 5.97. The number of nitrogens with zero attached hydrogens (tertiary/aromatic N) is 1. The SMILES string of the molecule is CC(C)(C)OC(=O)N1CCC(CNC(Cc2ccc(-c3ccccc3)cc2)[C@@H]2NC(=O)[C@H](Cc3ccc4ccccc4c3)NC2=O)CC1. The number of amides is 3. The Morgan fingerprint density at radius 3 is 2.17 bits per heavy atom. The first-order valence-electron chi connectivity index (χ1n) is 17.1. The Bertz CT molecular complexity index is 1730. The summed E-state index contributed by atoms with van der Waals surface area (Å²) >= 11 is 0. The van der Waals surface area contributed by atoms with Gasteiger partial charge in [-0.2, -0.15) is 0 Å². The van der Waals surface area contributed by atoms with Crippen LogP contribution in [0.2, 0.25) is 0 Å². The molecule has 0 aliphatic carbocycles. The zero-order chi connectivity index (χ0) is 33.7. The maximum Gasteiger partial charge on any atom is 0.410 e. The molecular weight excluding hydrogens is 600 g/mol. The number of hydrogen-bond donors (Lipinski definition) is 3. The number of nitrogens with one attached hydrogen (secondary N) is 3. The average Bonchev–Trinajstić information content (AvgIpc) is 3.08. The van der Waals surface area contributed by atoms with E-state index in [4.69, 9.17) is 4.74 Å². The van der Waals surface area contributed by atoms with Crippen molar-refractivity contribution in [3.05, 3.63) is 108 Å². The Hall–Kier alpha value is -4.69. The summed E-state index contributed by atoms with van der Waals surface area (Å²) in [5.41, 5.74) is 3.82. The zero-order valence-corrected chi connectivity index (χ0v) is 28.1. The molecule has 0 spiro atoms. The minimum absolute atomic E-state index is 0.176. The number of piperidine rings is 1. The predicted octanol–water partition coefficient (Wildman–Crippen LogP) is 5.88. The molecule has 4 aromatic rings. The molecule has 0 bridgehead atoms. The summed E-state index contributed by atoms with van der Waals surface area (Å²) in [4.78, 5) is 41.5. The van der Waals surface area contributed by atoms with Crippen LogP contribution in [-0.4, -0.2) is 66.2 Å². The first kappa shape index (κ1) is 33.2. The van der Waals surface area contributed by atoms with Crippen molar-refractivity contribution in [3.8, 4) is 11.1 Å². The largest absolute Gasteiger partial charge is 0.444 e. The molecule has 48 heavy (non-hydrogen) atoms. The van der Waals surface area contributed by atoms with Crippen molar-refractivity contribution < 1.29 is 19.1 Å². The van der Waals surface area contributed by atoms with Crippen molar-refractivity contribution in [1.29, 1.82) is 0 Å². The molecule has 0 aromatic heterocycles. The molecule has 2 fully saturated rings. The summed E-state index contributed by atoms with van der Waals surface area (Å²) in [5, 5.41) is 12.0. The quantitative estimate of drug-likeness (QED) is 0.211. The van der Waals surface area contributed by atoms with Crippen LogP contribution < -0.4 is 16.0 Å². The van der Waals surface area contributed by atoms with Gasteiger partial charge in [0.1, 0.15) is 17.7 Å². The van der Waals surface area contributed by atoms with Gasteiger partial charge < -0.3 is 25.6 Å². The summed E-state index contributed by atoms with van der Waals surface area (Å²) in [6, 6.07) is 31.2. The molecule has 8 nitrogen and oxygen atoms in total. The highest BCUT2D eigenvalue weighted by Crippen LogP contribution is 2.23. The molecular formula is C40H46N4O4. The van der Waals surface area contributed by atoms with Crippen molar-refractivity contribution >= 4 is 28.7 Å². The van der Waals surface area contributed by atoms with Gasteiger partial charge in [-0.3, -0.25) is 9.59 Å². The van der Waals surface area contributed by atoms with Crippen LogP contribution in [-0.2, 0) is 27.2 Å². The molecule has 3 N–H and O–H groups in total. The highest BCUT2D eigenvalue weighted by Gasteiger charge is 2.38. The molecule has 2 heterocycles. The Morgan fingerprint density at radius 2 is 1.46 bits per heavy atom. The fraction of sp³-hybridized carbons (Fsp3) is 0.375. The van der Waals surface area contributed by atoms with Gasteiger partial charge in [0.25, 0.3) is 0 Å². The standard InChI is InChI=1S/C40H46N4O4/c1-40(2,3)48-39(47)44-21-19-28(20-22-44)26-41-34(24-27-13-16-32(17-14-27)30-9-5-4-6-10-30)36-38(46)42-35(37(45)43-36)25-29-15-18-31-11-7-8-12-33(31)23-29/h4-18,23,28,34-36,41H,19-22,24-26H2,1-3H3,(H,42,46)(H,43,45)/t34?,35-,36-/m0/s1. The number of carbonyl (C=O) groups is 3. The maximum atomic E-state index is 13.7. The van der Waals surface area contributed by atoms with E-state index in [2.05, 4.69) is 76.6 Å². The molecule has 250 valence electrons. The van der Waals surface area contributed by atoms with Gasteiger partial charge >= 0.3 is 6.09 Å². The second-order valence-electron chi connectivity index (χ2n) is 14.1. The van der Waals surface area contributed by atoms with E-state index < -0.39 is 17.7 Å². The van der Waals surface area contributed by atoms with Crippen molar-refractivity contribution in [2.75, 3.05) is 19.6 Å². The van der Waals surface area contributed by atoms with Crippen LogP contribution >= 0.6 is 0 Å². The fourth-order valence-corrected chi connectivity index (χ4v) is 6.66.